The van der Waals surface area contributed by atoms with Gasteiger partial charge in [-0.3, -0.25) is 4.90 Å². The molecule has 122 valence electrons. The van der Waals surface area contributed by atoms with E-state index in [0.717, 1.165) is 52.1 Å². The molecule has 0 aromatic heterocycles. The van der Waals surface area contributed by atoms with Gasteiger partial charge in [0.05, 0.1) is 0 Å². The molecule has 0 rings (SSSR count). The van der Waals surface area contributed by atoms with E-state index < -0.39 is 0 Å². The van der Waals surface area contributed by atoms with Gasteiger partial charge in [0, 0.05) is 50.3 Å². The van der Waals surface area contributed by atoms with E-state index in [1.807, 2.05) is 0 Å². The SMILES string of the molecule is CCC(C)(C)NCCN(CCN)CCNC(C)(C)CC. The predicted octanol–water partition coefficient (Wildman–Crippen LogP) is 1.80. The Kier molecular flexibility index (Phi) is 9.64. The molecule has 0 aromatic carbocycles. The maximum atomic E-state index is 5.71. The Balaban J connectivity index is 3.98. The van der Waals surface area contributed by atoms with E-state index in [1.165, 1.54) is 0 Å². The molecule has 0 aliphatic rings. The Morgan fingerprint density at radius 3 is 1.50 bits per heavy atom. The topological polar surface area (TPSA) is 53.3 Å². The van der Waals surface area contributed by atoms with Crippen LogP contribution in [0.5, 0.6) is 0 Å². The summed E-state index contributed by atoms with van der Waals surface area (Å²) >= 11 is 0. The maximum Gasteiger partial charge on any atom is 0.0123 e. The highest BCUT2D eigenvalue weighted by Crippen LogP contribution is 2.07. The van der Waals surface area contributed by atoms with E-state index in [9.17, 15) is 0 Å². The van der Waals surface area contributed by atoms with Crippen LogP contribution in [-0.2, 0) is 0 Å². The molecule has 4 N–H and O–H groups in total. The summed E-state index contributed by atoms with van der Waals surface area (Å²) in [5.74, 6) is 0. The first-order valence-electron chi connectivity index (χ1n) is 8.19. The van der Waals surface area contributed by atoms with Gasteiger partial charge in [0.1, 0.15) is 0 Å². The van der Waals surface area contributed by atoms with Crippen molar-refractivity contribution in [1.29, 1.82) is 0 Å². The first kappa shape index (κ1) is 19.8. The minimum atomic E-state index is 0.233. The Morgan fingerprint density at radius 1 is 0.800 bits per heavy atom. The number of hydrogen-bond donors (Lipinski definition) is 3. The second-order valence-electron chi connectivity index (χ2n) is 6.96. The highest BCUT2D eigenvalue weighted by atomic mass is 15.2. The quantitative estimate of drug-likeness (QED) is 0.512. The lowest BCUT2D eigenvalue weighted by atomic mass is 10.0. The van der Waals surface area contributed by atoms with Crippen molar-refractivity contribution in [3.05, 3.63) is 0 Å². The summed E-state index contributed by atoms with van der Waals surface area (Å²) in [6.07, 6.45) is 2.30. The van der Waals surface area contributed by atoms with Crippen LogP contribution in [-0.4, -0.2) is 55.2 Å². The number of hydrogen-bond acceptors (Lipinski definition) is 4. The zero-order valence-corrected chi connectivity index (χ0v) is 14.7. The van der Waals surface area contributed by atoms with Gasteiger partial charge in [-0.05, 0) is 40.5 Å². The molecular weight excluding hydrogens is 248 g/mol. The van der Waals surface area contributed by atoms with E-state index in [-0.39, 0.29) is 11.1 Å². The van der Waals surface area contributed by atoms with Crippen LogP contribution in [0.3, 0.4) is 0 Å². The van der Waals surface area contributed by atoms with Gasteiger partial charge in [0.25, 0.3) is 0 Å². The molecule has 0 saturated heterocycles. The average Bonchev–Trinajstić information content (AvgIpc) is 2.38. The molecule has 0 saturated carbocycles. The first-order valence-corrected chi connectivity index (χ1v) is 8.19. The Morgan fingerprint density at radius 2 is 1.20 bits per heavy atom. The lowest BCUT2D eigenvalue weighted by Gasteiger charge is -2.30. The Labute approximate surface area is 126 Å². The molecule has 0 heterocycles. The van der Waals surface area contributed by atoms with E-state index in [0.29, 0.717) is 0 Å². The lowest BCUT2D eigenvalue weighted by molar-refractivity contribution is 0.248. The Bertz CT molecular complexity index is 217. The minimum Gasteiger partial charge on any atom is -0.329 e. The number of nitrogens with one attached hydrogen (secondary N) is 2. The molecule has 0 unspecified atom stereocenters. The van der Waals surface area contributed by atoms with E-state index >= 15 is 0 Å². The van der Waals surface area contributed by atoms with Gasteiger partial charge >= 0.3 is 0 Å². The van der Waals surface area contributed by atoms with Crippen molar-refractivity contribution in [3.8, 4) is 0 Å². The molecule has 0 fully saturated rings. The van der Waals surface area contributed by atoms with Gasteiger partial charge in [0.2, 0.25) is 0 Å². The van der Waals surface area contributed by atoms with E-state index in [2.05, 4.69) is 57.1 Å². The highest BCUT2D eigenvalue weighted by Gasteiger charge is 2.15. The van der Waals surface area contributed by atoms with Crippen LogP contribution in [0.15, 0.2) is 0 Å². The van der Waals surface area contributed by atoms with Gasteiger partial charge in [-0.2, -0.15) is 0 Å². The van der Waals surface area contributed by atoms with Crippen LogP contribution in [0.4, 0.5) is 0 Å². The van der Waals surface area contributed by atoms with Gasteiger partial charge in [-0.1, -0.05) is 13.8 Å². The molecule has 0 aromatic rings. The summed E-state index contributed by atoms with van der Waals surface area (Å²) in [5.41, 5.74) is 6.18. The summed E-state index contributed by atoms with van der Waals surface area (Å²) in [7, 11) is 0. The zero-order chi connectivity index (χ0) is 15.6. The van der Waals surface area contributed by atoms with Gasteiger partial charge in [-0.15, -0.1) is 0 Å². The molecule has 0 radical (unpaired) electrons. The normalized spacial score (nSPS) is 13.2. The van der Waals surface area contributed by atoms with E-state index in [4.69, 9.17) is 5.73 Å². The molecule has 4 nitrogen and oxygen atoms in total. The molecule has 0 spiro atoms. The molecule has 0 atom stereocenters. The van der Waals surface area contributed by atoms with Crippen LogP contribution < -0.4 is 16.4 Å². The standard InChI is InChI=1S/C16H38N4/c1-7-15(3,4)18-10-13-20(12-9-17)14-11-19-16(5,6)8-2/h18-19H,7-14,17H2,1-6H3. The second-order valence-corrected chi connectivity index (χ2v) is 6.96. The number of rotatable bonds is 12. The monoisotopic (exact) mass is 286 g/mol. The van der Waals surface area contributed by atoms with Crippen molar-refractivity contribution >= 4 is 0 Å². The fourth-order valence-corrected chi connectivity index (χ4v) is 1.87. The predicted molar refractivity (Wildman–Crippen MR) is 90.2 cm³/mol. The molecular formula is C16H38N4. The van der Waals surface area contributed by atoms with Crippen molar-refractivity contribution in [2.75, 3.05) is 39.3 Å². The van der Waals surface area contributed by atoms with Crippen molar-refractivity contribution in [3.63, 3.8) is 0 Å². The second kappa shape index (κ2) is 9.72. The van der Waals surface area contributed by atoms with Crippen molar-refractivity contribution in [1.82, 2.24) is 15.5 Å². The number of nitrogens with two attached hydrogens (primary N) is 1. The van der Waals surface area contributed by atoms with Crippen LogP contribution in [0.2, 0.25) is 0 Å². The number of nitrogens with zero attached hydrogens (tertiary/aromatic N) is 1. The summed E-state index contributed by atoms with van der Waals surface area (Å²) in [6, 6.07) is 0. The van der Waals surface area contributed by atoms with Gasteiger partial charge < -0.3 is 16.4 Å². The van der Waals surface area contributed by atoms with Crippen LogP contribution in [0, 0.1) is 0 Å². The molecule has 4 heteroatoms. The van der Waals surface area contributed by atoms with Crippen LogP contribution in [0.1, 0.15) is 54.4 Å². The first-order chi connectivity index (χ1) is 9.26. The smallest absolute Gasteiger partial charge is 0.0123 e. The lowest BCUT2D eigenvalue weighted by Crippen LogP contribution is -2.47. The average molecular weight is 287 g/mol. The zero-order valence-electron chi connectivity index (χ0n) is 14.7. The fourth-order valence-electron chi connectivity index (χ4n) is 1.87. The summed E-state index contributed by atoms with van der Waals surface area (Å²) in [6.45, 7) is 19.4. The maximum absolute atomic E-state index is 5.71. The summed E-state index contributed by atoms with van der Waals surface area (Å²) in [4.78, 5) is 2.44. The third-order valence-electron chi connectivity index (χ3n) is 4.28. The largest absolute Gasteiger partial charge is 0.329 e. The van der Waals surface area contributed by atoms with Gasteiger partial charge in [0.15, 0.2) is 0 Å². The molecule has 0 aliphatic heterocycles. The third kappa shape index (κ3) is 9.70. The van der Waals surface area contributed by atoms with Crippen molar-refractivity contribution in [2.24, 2.45) is 5.73 Å². The molecule has 0 aliphatic carbocycles. The minimum absolute atomic E-state index is 0.233. The van der Waals surface area contributed by atoms with Gasteiger partial charge in [-0.25, -0.2) is 0 Å². The molecule has 0 amide bonds. The fraction of sp³-hybridized carbons (Fsp3) is 1.00. The summed E-state index contributed by atoms with van der Waals surface area (Å²) in [5, 5.41) is 7.22. The third-order valence-corrected chi connectivity index (χ3v) is 4.28. The molecule has 0 bridgehead atoms. The summed E-state index contributed by atoms with van der Waals surface area (Å²) < 4.78 is 0. The van der Waals surface area contributed by atoms with Crippen LogP contribution >= 0.6 is 0 Å². The van der Waals surface area contributed by atoms with E-state index in [1.54, 1.807) is 0 Å². The highest BCUT2D eigenvalue weighted by molar-refractivity contribution is 4.78. The molecule has 20 heavy (non-hydrogen) atoms. The Hall–Kier alpha value is -0.160. The van der Waals surface area contributed by atoms with Crippen molar-refractivity contribution in [2.45, 2.75) is 65.5 Å². The van der Waals surface area contributed by atoms with Crippen molar-refractivity contribution < 1.29 is 0 Å². The van der Waals surface area contributed by atoms with Crippen LogP contribution in [0.25, 0.3) is 0 Å².